The standard InChI is InChI=1S/C25H19ClF3NS/c1-3-24(2,25(27,28)29)18-11-12-30-22(15-18)20-9-6-8-17-14-19(31-23(17)20)13-16-7-4-5-10-21(16)26/h3-12,14-15H,1,13H2,2H3/t24-/m0/s1. The van der Waals surface area contributed by atoms with E-state index in [1.807, 2.05) is 42.5 Å². The number of aromatic nitrogens is 1. The summed E-state index contributed by atoms with van der Waals surface area (Å²) in [4.78, 5) is 5.50. The Bertz CT molecular complexity index is 1260. The zero-order chi connectivity index (χ0) is 22.2. The first-order chi connectivity index (χ1) is 14.7. The number of pyridine rings is 1. The SMILES string of the molecule is C=C[C@@](C)(c1ccnc(-c2cccc3cc(Cc4ccccc4Cl)sc23)c1)C(F)(F)F. The Balaban J connectivity index is 1.78. The number of alkyl halides is 3. The number of halogens is 4. The maximum absolute atomic E-state index is 13.7. The van der Waals surface area contributed by atoms with Crippen LogP contribution in [0.25, 0.3) is 21.3 Å². The first-order valence-corrected chi connectivity index (χ1v) is 10.8. The monoisotopic (exact) mass is 457 g/mol. The van der Waals surface area contributed by atoms with Gasteiger partial charge in [0.25, 0.3) is 0 Å². The van der Waals surface area contributed by atoms with Crippen LogP contribution in [0.4, 0.5) is 13.2 Å². The molecule has 2 aromatic heterocycles. The van der Waals surface area contributed by atoms with E-state index in [-0.39, 0.29) is 5.56 Å². The molecule has 0 aliphatic heterocycles. The number of nitrogens with zero attached hydrogens (tertiary/aromatic N) is 1. The molecule has 0 aliphatic rings. The molecule has 4 aromatic rings. The molecule has 0 spiro atoms. The van der Waals surface area contributed by atoms with Gasteiger partial charge in [-0.1, -0.05) is 54.1 Å². The van der Waals surface area contributed by atoms with Gasteiger partial charge in [0.15, 0.2) is 0 Å². The van der Waals surface area contributed by atoms with Gasteiger partial charge in [0, 0.05) is 32.8 Å². The van der Waals surface area contributed by atoms with Crippen molar-refractivity contribution in [3.8, 4) is 11.3 Å². The molecule has 0 saturated heterocycles. The van der Waals surface area contributed by atoms with Crippen LogP contribution in [0.1, 0.15) is 22.9 Å². The van der Waals surface area contributed by atoms with E-state index >= 15 is 0 Å². The van der Waals surface area contributed by atoms with Crippen LogP contribution in [0.15, 0.2) is 79.5 Å². The van der Waals surface area contributed by atoms with Crippen molar-refractivity contribution in [2.24, 2.45) is 0 Å². The van der Waals surface area contributed by atoms with Gasteiger partial charge in [-0.25, -0.2) is 0 Å². The first-order valence-electron chi connectivity index (χ1n) is 9.65. The topological polar surface area (TPSA) is 12.9 Å². The molecular formula is C25H19ClF3NS. The second-order valence-electron chi connectivity index (χ2n) is 7.54. The van der Waals surface area contributed by atoms with Gasteiger partial charge >= 0.3 is 6.18 Å². The van der Waals surface area contributed by atoms with E-state index in [4.69, 9.17) is 11.6 Å². The van der Waals surface area contributed by atoms with Gasteiger partial charge in [-0.3, -0.25) is 4.98 Å². The number of benzene rings is 2. The highest BCUT2D eigenvalue weighted by molar-refractivity contribution is 7.19. The molecule has 0 unspecified atom stereocenters. The third-order valence-corrected chi connectivity index (χ3v) is 7.10. The van der Waals surface area contributed by atoms with Crippen LogP contribution in [-0.4, -0.2) is 11.2 Å². The highest BCUT2D eigenvalue weighted by Crippen LogP contribution is 2.43. The van der Waals surface area contributed by atoms with Crippen molar-refractivity contribution in [2.75, 3.05) is 0 Å². The Labute approximate surface area is 187 Å². The van der Waals surface area contributed by atoms with E-state index in [0.717, 1.165) is 39.1 Å². The fraction of sp³-hybridized carbons (Fsp3) is 0.160. The maximum Gasteiger partial charge on any atom is 0.401 e. The van der Waals surface area contributed by atoms with E-state index in [9.17, 15) is 13.2 Å². The summed E-state index contributed by atoms with van der Waals surface area (Å²) >= 11 is 7.91. The molecule has 2 heterocycles. The minimum absolute atomic E-state index is 0.116. The first kappa shape index (κ1) is 21.6. The van der Waals surface area contributed by atoms with Crippen LogP contribution in [0.5, 0.6) is 0 Å². The normalized spacial score (nSPS) is 13.8. The summed E-state index contributed by atoms with van der Waals surface area (Å²) in [6.45, 7) is 4.56. The molecule has 1 nitrogen and oxygen atoms in total. The van der Waals surface area contributed by atoms with Crippen LogP contribution in [0, 0.1) is 0 Å². The number of allylic oxidation sites excluding steroid dienone is 1. The average molecular weight is 458 g/mol. The van der Waals surface area contributed by atoms with E-state index in [1.165, 1.54) is 18.3 Å². The molecule has 0 amide bonds. The molecule has 158 valence electrons. The summed E-state index contributed by atoms with van der Waals surface area (Å²) in [5, 5.41) is 1.74. The summed E-state index contributed by atoms with van der Waals surface area (Å²) in [5.41, 5.74) is 0.313. The lowest BCUT2D eigenvalue weighted by Crippen LogP contribution is -2.37. The average Bonchev–Trinajstić information content (AvgIpc) is 3.16. The molecule has 0 bridgehead atoms. The predicted molar refractivity (Wildman–Crippen MR) is 123 cm³/mol. The van der Waals surface area contributed by atoms with Gasteiger partial charge in [-0.15, -0.1) is 17.9 Å². The van der Waals surface area contributed by atoms with Crippen molar-refractivity contribution in [3.05, 3.63) is 101 Å². The quantitative estimate of drug-likeness (QED) is 0.275. The Kier molecular flexibility index (Phi) is 5.67. The molecular weight excluding hydrogens is 439 g/mol. The van der Waals surface area contributed by atoms with Gasteiger partial charge < -0.3 is 0 Å². The third kappa shape index (κ3) is 4.00. The van der Waals surface area contributed by atoms with Crippen LogP contribution in [-0.2, 0) is 11.8 Å². The van der Waals surface area contributed by atoms with Crippen molar-refractivity contribution in [1.82, 2.24) is 4.98 Å². The van der Waals surface area contributed by atoms with E-state index < -0.39 is 11.6 Å². The summed E-state index contributed by atoms with van der Waals surface area (Å²) in [6.07, 6.45) is -1.40. The number of hydrogen-bond donors (Lipinski definition) is 0. The van der Waals surface area contributed by atoms with Crippen LogP contribution < -0.4 is 0 Å². The summed E-state index contributed by atoms with van der Waals surface area (Å²) in [5.74, 6) is 0. The largest absolute Gasteiger partial charge is 0.401 e. The number of fused-ring (bicyclic) bond motifs is 1. The fourth-order valence-electron chi connectivity index (χ4n) is 3.53. The smallest absolute Gasteiger partial charge is 0.256 e. The number of thiophene rings is 1. The minimum atomic E-state index is -4.45. The lowest BCUT2D eigenvalue weighted by atomic mass is 9.82. The summed E-state index contributed by atoms with van der Waals surface area (Å²) < 4.78 is 42.1. The fourth-order valence-corrected chi connectivity index (χ4v) is 4.94. The van der Waals surface area contributed by atoms with Crippen molar-refractivity contribution in [3.63, 3.8) is 0 Å². The molecule has 1 atom stereocenters. The molecule has 4 rings (SSSR count). The van der Waals surface area contributed by atoms with Crippen LogP contribution in [0.3, 0.4) is 0 Å². The zero-order valence-corrected chi connectivity index (χ0v) is 18.3. The summed E-state index contributed by atoms with van der Waals surface area (Å²) in [7, 11) is 0. The lowest BCUT2D eigenvalue weighted by molar-refractivity contribution is -0.170. The second-order valence-corrected chi connectivity index (χ2v) is 9.08. The Morgan fingerprint density at radius 3 is 2.55 bits per heavy atom. The molecule has 31 heavy (non-hydrogen) atoms. The van der Waals surface area contributed by atoms with Crippen LogP contribution >= 0.6 is 22.9 Å². The van der Waals surface area contributed by atoms with Gasteiger partial charge in [0.05, 0.1) is 5.69 Å². The van der Waals surface area contributed by atoms with Crippen molar-refractivity contribution in [2.45, 2.75) is 24.9 Å². The maximum atomic E-state index is 13.7. The van der Waals surface area contributed by atoms with E-state index in [0.29, 0.717) is 17.1 Å². The van der Waals surface area contributed by atoms with Gasteiger partial charge in [0.2, 0.25) is 0 Å². The van der Waals surface area contributed by atoms with Gasteiger partial charge in [0.1, 0.15) is 5.41 Å². The van der Waals surface area contributed by atoms with Crippen molar-refractivity contribution in [1.29, 1.82) is 0 Å². The van der Waals surface area contributed by atoms with Crippen LogP contribution in [0.2, 0.25) is 5.02 Å². The number of rotatable bonds is 5. The second kappa shape index (κ2) is 8.13. The molecule has 0 radical (unpaired) electrons. The van der Waals surface area contributed by atoms with E-state index in [2.05, 4.69) is 17.6 Å². The minimum Gasteiger partial charge on any atom is -0.256 e. The molecule has 0 fully saturated rings. The summed E-state index contributed by atoms with van der Waals surface area (Å²) in [6, 6.07) is 18.5. The third-order valence-electron chi connectivity index (χ3n) is 5.55. The molecule has 0 saturated carbocycles. The van der Waals surface area contributed by atoms with Crippen molar-refractivity contribution < 1.29 is 13.2 Å². The zero-order valence-electron chi connectivity index (χ0n) is 16.7. The Morgan fingerprint density at radius 2 is 1.84 bits per heavy atom. The lowest BCUT2D eigenvalue weighted by Gasteiger charge is -2.29. The molecule has 2 aromatic carbocycles. The Hall–Kier alpha value is -2.63. The Morgan fingerprint density at radius 1 is 1.06 bits per heavy atom. The van der Waals surface area contributed by atoms with E-state index in [1.54, 1.807) is 11.3 Å². The predicted octanol–water partition coefficient (Wildman–Crippen LogP) is 8.21. The molecule has 6 heteroatoms. The van der Waals surface area contributed by atoms with Gasteiger partial charge in [-0.2, -0.15) is 13.2 Å². The number of hydrogen-bond acceptors (Lipinski definition) is 2. The molecule has 0 N–H and O–H groups in total. The highest BCUT2D eigenvalue weighted by Gasteiger charge is 2.50. The highest BCUT2D eigenvalue weighted by atomic mass is 35.5. The molecule has 0 aliphatic carbocycles. The van der Waals surface area contributed by atoms with Gasteiger partial charge in [-0.05, 0) is 47.7 Å². The van der Waals surface area contributed by atoms with Crippen molar-refractivity contribution >= 4 is 33.0 Å².